The number of carbonyl (C=O) groups is 1. The van der Waals surface area contributed by atoms with Gasteiger partial charge in [-0.1, -0.05) is 37.8 Å². The van der Waals surface area contributed by atoms with Crippen molar-refractivity contribution in [1.82, 2.24) is 14.5 Å². The fourth-order valence-electron chi connectivity index (χ4n) is 4.57. The monoisotopic (exact) mass is 421 g/mol. The Kier molecular flexibility index (Phi) is 7.48. The zero-order chi connectivity index (χ0) is 20.9. The summed E-state index contributed by atoms with van der Waals surface area (Å²) in [6.07, 6.45) is 8.99. The zero-order valence-corrected chi connectivity index (χ0v) is 18.6. The van der Waals surface area contributed by atoms with Crippen LogP contribution in [0.4, 0.5) is 0 Å². The molecule has 1 aliphatic carbocycles. The number of Topliss-reactive ketones (excluding diaryl/α,β-unsaturated/α-hetero) is 1. The van der Waals surface area contributed by atoms with Crippen molar-refractivity contribution in [3.63, 3.8) is 0 Å². The van der Waals surface area contributed by atoms with Crippen molar-refractivity contribution in [3.8, 4) is 0 Å². The Bertz CT molecular complexity index is 778. The van der Waals surface area contributed by atoms with Crippen LogP contribution in [0.1, 0.15) is 61.7 Å². The second-order valence-corrected chi connectivity index (χ2v) is 10.6. The van der Waals surface area contributed by atoms with Crippen LogP contribution in [0.2, 0.25) is 0 Å². The van der Waals surface area contributed by atoms with Gasteiger partial charge in [-0.15, -0.1) is 0 Å². The van der Waals surface area contributed by atoms with Crippen molar-refractivity contribution >= 4 is 15.8 Å². The molecule has 7 heteroatoms. The summed E-state index contributed by atoms with van der Waals surface area (Å²) in [4.78, 5) is 15.2. The van der Waals surface area contributed by atoms with Crippen molar-refractivity contribution in [2.24, 2.45) is 0 Å². The largest absolute Gasteiger partial charge is 0.308 e. The predicted molar refractivity (Wildman–Crippen MR) is 116 cm³/mol. The van der Waals surface area contributed by atoms with E-state index in [1.54, 1.807) is 28.6 Å². The van der Waals surface area contributed by atoms with E-state index in [2.05, 4.69) is 24.3 Å². The standard InChI is InChI=1S/C22H35N3O3S/c1-24(2)22(13-5-3-6-14-22)18-23-17-21(26)19-9-11-20(12-10-19)29(27,28)25-15-7-4-8-16-25/h9-12,23H,3-8,13-18H2,1-2H3. The zero-order valence-electron chi connectivity index (χ0n) is 17.8. The molecular formula is C22H35N3O3S. The van der Waals surface area contributed by atoms with Crippen LogP contribution >= 0.6 is 0 Å². The van der Waals surface area contributed by atoms with Gasteiger partial charge in [-0.3, -0.25) is 4.79 Å². The van der Waals surface area contributed by atoms with Crippen molar-refractivity contribution in [3.05, 3.63) is 29.8 Å². The number of likely N-dealkylation sites (N-methyl/N-ethyl adjacent to an activating group) is 1. The molecule has 1 N–H and O–H groups in total. The maximum Gasteiger partial charge on any atom is 0.243 e. The topological polar surface area (TPSA) is 69.7 Å². The lowest BCUT2D eigenvalue weighted by Gasteiger charge is -2.43. The highest BCUT2D eigenvalue weighted by atomic mass is 32.2. The number of piperidine rings is 1. The maximum absolute atomic E-state index is 12.7. The van der Waals surface area contributed by atoms with Gasteiger partial charge in [0.1, 0.15) is 0 Å². The van der Waals surface area contributed by atoms with Gasteiger partial charge in [-0.25, -0.2) is 8.42 Å². The third kappa shape index (κ3) is 5.26. The number of rotatable bonds is 8. The van der Waals surface area contributed by atoms with E-state index in [9.17, 15) is 13.2 Å². The highest BCUT2D eigenvalue weighted by molar-refractivity contribution is 7.89. The molecule has 0 amide bonds. The van der Waals surface area contributed by atoms with Crippen LogP contribution in [0, 0.1) is 0 Å². The average molecular weight is 422 g/mol. The van der Waals surface area contributed by atoms with Gasteiger partial charge >= 0.3 is 0 Å². The van der Waals surface area contributed by atoms with Crippen LogP contribution in [-0.2, 0) is 10.0 Å². The fraction of sp³-hybridized carbons (Fsp3) is 0.682. The van der Waals surface area contributed by atoms with Gasteiger partial charge in [0.2, 0.25) is 10.0 Å². The molecule has 2 aliphatic rings. The molecule has 29 heavy (non-hydrogen) atoms. The van der Waals surface area contributed by atoms with E-state index in [1.807, 2.05) is 0 Å². The molecule has 1 heterocycles. The minimum atomic E-state index is -3.45. The summed E-state index contributed by atoms with van der Waals surface area (Å²) >= 11 is 0. The molecule has 0 bridgehead atoms. The summed E-state index contributed by atoms with van der Waals surface area (Å²) in [5, 5.41) is 3.35. The fourth-order valence-corrected chi connectivity index (χ4v) is 6.09. The first-order valence-corrected chi connectivity index (χ1v) is 12.3. The Morgan fingerprint density at radius 2 is 1.59 bits per heavy atom. The molecule has 0 unspecified atom stereocenters. The SMILES string of the molecule is CN(C)C1(CNCC(=O)c2ccc(S(=O)(=O)N3CCCCC3)cc2)CCCCC1. The Labute approximate surface area is 175 Å². The van der Waals surface area contributed by atoms with E-state index < -0.39 is 10.0 Å². The summed E-state index contributed by atoms with van der Waals surface area (Å²) in [7, 11) is 0.790. The highest BCUT2D eigenvalue weighted by Crippen LogP contribution is 2.31. The highest BCUT2D eigenvalue weighted by Gasteiger charge is 2.33. The van der Waals surface area contributed by atoms with E-state index in [0.29, 0.717) is 18.7 Å². The number of sulfonamides is 1. The third-order valence-corrected chi connectivity index (χ3v) is 8.51. The molecule has 0 atom stereocenters. The molecule has 162 valence electrons. The minimum Gasteiger partial charge on any atom is -0.308 e. The first-order valence-electron chi connectivity index (χ1n) is 10.9. The van der Waals surface area contributed by atoms with Crippen LogP contribution in [-0.4, -0.2) is 69.2 Å². The van der Waals surface area contributed by atoms with Gasteiger partial charge in [-0.2, -0.15) is 4.31 Å². The van der Waals surface area contributed by atoms with E-state index in [0.717, 1.165) is 38.6 Å². The molecule has 2 fully saturated rings. The molecular weight excluding hydrogens is 386 g/mol. The molecule has 1 aliphatic heterocycles. The molecule has 3 rings (SSSR count). The van der Waals surface area contributed by atoms with E-state index in [-0.39, 0.29) is 22.8 Å². The first kappa shape index (κ1) is 22.4. The molecule has 0 radical (unpaired) electrons. The molecule has 6 nitrogen and oxygen atoms in total. The number of nitrogens with one attached hydrogen (secondary N) is 1. The smallest absolute Gasteiger partial charge is 0.243 e. The van der Waals surface area contributed by atoms with Crippen LogP contribution in [0.3, 0.4) is 0 Å². The first-order chi connectivity index (χ1) is 13.8. The molecule has 1 aromatic carbocycles. The van der Waals surface area contributed by atoms with Crippen LogP contribution in [0.15, 0.2) is 29.2 Å². The number of nitrogens with zero attached hydrogens (tertiary/aromatic N) is 2. The number of ketones is 1. The van der Waals surface area contributed by atoms with E-state index in [1.165, 1.54) is 19.3 Å². The Balaban J connectivity index is 1.57. The second kappa shape index (κ2) is 9.69. The van der Waals surface area contributed by atoms with Crippen LogP contribution in [0.25, 0.3) is 0 Å². The van der Waals surface area contributed by atoms with Gasteiger partial charge in [-0.05, 0) is 51.9 Å². The maximum atomic E-state index is 12.7. The molecule has 0 aromatic heterocycles. The van der Waals surface area contributed by atoms with Crippen LogP contribution < -0.4 is 5.32 Å². The third-order valence-electron chi connectivity index (χ3n) is 6.60. The summed E-state index contributed by atoms with van der Waals surface area (Å²) in [5.41, 5.74) is 0.683. The molecule has 1 saturated heterocycles. The Hall–Kier alpha value is -1.28. The molecule has 0 spiro atoms. The lowest BCUT2D eigenvalue weighted by Crippen LogP contribution is -2.53. The second-order valence-electron chi connectivity index (χ2n) is 8.70. The Morgan fingerprint density at radius 3 is 2.17 bits per heavy atom. The van der Waals surface area contributed by atoms with Gasteiger partial charge in [0, 0.05) is 30.7 Å². The average Bonchev–Trinajstić information content (AvgIpc) is 2.75. The summed E-state index contributed by atoms with van der Waals surface area (Å²) in [6, 6.07) is 6.42. The normalized spacial score (nSPS) is 20.7. The van der Waals surface area contributed by atoms with Crippen molar-refractivity contribution in [2.45, 2.75) is 61.8 Å². The predicted octanol–water partition coefficient (Wildman–Crippen LogP) is 2.90. The number of hydrogen-bond acceptors (Lipinski definition) is 5. The quantitative estimate of drug-likeness (QED) is 0.654. The van der Waals surface area contributed by atoms with Gasteiger partial charge < -0.3 is 10.2 Å². The van der Waals surface area contributed by atoms with Crippen molar-refractivity contribution < 1.29 is 13.2 Å². The number of carbonyl (C=O) groups excluding carboxylic acids is 1. The van der Waals surface area contributed by atoms with Gasteiger partial charge in [0.25, 0.3) is 0 Å². The summed E-state index contributed by atoms with van der Waals surface area (Å²) < 4.78 is 27.0. The number of hydrogen-bond donors (Lipinski definition) is 1. The van der Waals surface area contributed by atoms with Gasteiger partial charge in [0.05, 0.1) is 11.4 Å². The number of benzene rings is 1. The van der Waals surface area contributed by atoms with Crippen molar-refractivity contribution in [2.75, 3.05) is 40.3 Å². The van der Waals surface area contributed by atoms with Crippen LogP contribution in [0.5, 0.6) is 0 Å². The van der Waals surface area contributed by atoms with Gasteiger partial charge in [0.15, 0.2) is 5.78 Å². The minimum absolute atomic E-state index is 0.00311. The summed E-state index contributed by atoms with van der Waals surface area (Å²) in [5.74, 6) is -0.00311. The van der Waals surface area contributed by atoms with E-state index in [4.69, 9.17) is 0 Å². The summed E-state index contributed by atoms with van der Waals surface area (Å²) in [6.45, 7) is 2.24. The lowest BCUT2D eigenvalue weighted by molar-refractivity contribution is 0.0905. The lowest BCUT2D eigenvalue weighted by atomic mass is 9.80. The van der Waals surface area contributed by atoms with E-state index >= 15 is 0 Å². The van der Waals surface area contributed by atoms with Crippen molar-refractivity contribution in [1.29, 1.82) is 0 Å². The molecule has 1 aromatic rings. The molecule has 1 saturated carbocycles. The Morgan fingerprint density at radius 1 is 1.00 bits per heavy atom.